The van der Waals surface area contributed by atoms with Crippen LogP contribution in [-0.4, -0.2) is 21.0 Å². The van der Waals surface area contributed by atoms with Crippen molar-refractivity contribution in [3.63, 3.8) is 0 Å². The lowest BCUT2D eigenvalue weighted by Crippen LogP contribution is -2.07. The van der Waals surface area contributed by atoms with E-state index >= 15 is 0 Å². The topological polar surface area (TPSA) is 66.0 Å². The molecule has 2 rings (SSSR count). The van der Waals surface area contributed by atoms with Crippen LogP contribution in [0.3, 0.4) is 0 Å². The fraction of sp³-hybridized carbons (Fsp3) is 0.400. The molecule has 1 unspecified atom stereocenters. The second-order valence-corrected chi connectivity index (χ2v) is 3.44. The van der Waals surface area contributed by atoms with Crippen molar-refractivity contribution in [3.05, 3.63) is 29.9 Å². The highest BCUT2D eigenvalue weighted by molar-refractivity contribution is 5.86. The highest BCUT2D eigenvalue weighted by atomic mass is 16.4. The minimum Gasteiger partial charge on any atom is -0.476 e. The van der Waals surface area contributed by atoms with Gasteiger partial charge in [-0.25, -0.2) is 9.78 Å². The summed E-state index contributed by atoms with van der Waals surface area (Å²) in [6.45, 7) is 0. The van der Waals surface area contributed by atoms with Gasteiger partial charge in [-0.15, -0.1) is 0 Å². The van der Waals surface area contributed by atoms with E-state index in [1.807, 2.05) is 0 Å². The van der Waals surface area contributed by atoms with Gasteiger partial charge in [-0.1, -0.05) is 12.2 Å². The molecule has 0 spiro atoms. The molecule has 2 N–H and O–H groups in total. The Morgan fingerprint density at radius 3 is 3.14 bits per heavy atom. The van der Waals surface area contributed by atoms with Gasteiger partial charge in [0.05, 0.1) is 12.0 Å². The van der Waals surface area contributed by atoms with E-state index in [9.17, 15) is 4.79 Å². The number of hydrogen-bond acceptors (Lipinski definition) is 2. The number of nitrogens with one attached hydrogen (secondary N) is 1. The largest absolute Gasteiger partial charge is 0.476 e. The summed E-state index contributed by atoms with van der Waals surface area (Å²) in [5.41, 5.74) is 0.884. The lowest BCUT2D eigenvalue weighted by Gasteiger charge is -2.14. The predicted molar refractivity (Wildman–Crippen MR) is 51.3 cm³/mol. The van der Waals surface area contributed by atoms with Gasteiger partial charge in [0.25, 0.3) is 0 Å². The molecule has 74 valence electrons. The van der Waals surface area contributed by atoms with Gasteiger partial charge in [0.1, 0.15) is 0 Å². The second-order valence-electron chi connectivity index (χ2n) is 3.44. The zero-order chi connectivity index (χ0) is 9.97. The van der Waals surface area contributed by atoms with Gasteiger partial charge in [0.15, 0.2) is 5.69 Å². The van der Waals surface area contributed by atoms with Crippen LogP contribution < -0.4 is 0 Å². The molecule has 1 atom stereocenters. The summed E-state index contributed by atoms with van der Waals surface area (Å²) >= 11 is 0. The number of imidazole rings is 1. The molecule has 0 bridgehead atoms. The van der Waals surface area contributed by atoms with Crippen molar-refractivity contribution in [1.29, 1.82) is 0 Å². The number of carboxylic acid groups (broad SMARTS) is 1. The Balaban J connectivity index is 2.30. The molecular weight excluding hydrogens is 180 g/mol. The van der Waals surface area contributed by atoms with Crippen molar-refractivity contribution in [2.75, 3.05) is 0 Å². The van der Waals surface area contributed by atoms with E-state index in [0.29, 0.717) is 0 Å². The van der Waals surface area contributed by atoms with Crippen LogP contribution in [0.5, 0.6) is 0 Å². The SMILES string of the molecule is O=C(O)c1nc[nH]c1C1C=CCCC1. The number of carbonyl (C=O) groups is 1. The molecule has 14 heavy (non-hydrogen) atoms. The highest BCUT2D eigenvalue weighted by Crippen LogP contribution is 2.27. The first-order valence-electron chi connectivity index (χ1n) is 4.72. The maximum atomic E-state index is 10.8. The van der Waals surface area contributed by atoms with E-state index in [0.717, 1.165) is 25.0 Å². The summed E-state index contributed by atoms with van der Waals surface area (Å²) in [7, 11) is 0. The number of rotatable bonds is 2. The molecule has 0 radical (unpaired) electrons. The zero-order valence-electron chi connectivity index (χ0n) is 7.73. The lowest BCUT2D eigenvalue weighted by atomic mass is 9.92. The van der Waals surface area contributed by atoms with Crippen molar-refractivity contribution in [2.24, 2.45) is 0 Å². The van der Waals surface area contributed by atoms with Crippen molar-refractivity contribution in [3.8, 4) is 0 Å². The summed E-state index contributed by atoms with van der Waals surface area (Å²) < 4.78 is 0. The van der Waals surface area contributed by atoms with E-state index < -0.39 is 5.97 Å². The molecule has 1 heterocycles. The molecule has 1 aromatic rings. The van der Waals surface area contributed by atoms with Crippen LogP contribution in [0.2, 0.25) is 0 Å². The summed E-state index contributed by atoms with van der Waals surface area (Å²) in [6.07, 6.45) is 8.80. The summed E-state index contributed by atoms with van der Waals surface area (Å²) in [4.78, 5) is 17.5. The Bertz CT molecular complexity index is 368. The van der Waals surface area contributed by atoms with Gasteiger partial charge in [-0.2, -0.15) is 0 Å². The van der Waals surface area contributed by atoms with E-state index in [4.69, 9.17) is 5.11 Å². The fourth-order valence-corrected chi connectivity index (χ4v) is 1.81. The monoisotopic (exact) mass is 192 g/mol. The number of aromatic nitrogens is 2. The number of carboxylic acids is 1. The number of H-pyrrole nitrogens is 1. The number of hydrogen-bond donors (Lipinski definition) is 2. The average Bonchev–Trinajstić information content (AvgIpc) is 2.67. The normalized spacial score (nSPS) is 21.0. The minimum absolute atomic E-state index is 0.154. The summed E-state index contributed by atoms with van der Waals surface area (Å²) in [6, 6.07) is 0. The molecule has 0 saturated heterocycles. The molecule has 4 heteroatoms. The van der Waals surface area contributed by atoms with Gasteiger partial charge in [-0.05, 0) is 19.3 Å². The summed E-state index contributed by atoms with van der Waals surface area (Å²) in [5, 5.41) is 8.88. The standard InChI is InChI=1S/C10H12N2O2/c13-10(14)9-8(11-6-12-9)7-4-2-1-3-5-7/h2,4,6-7H,1,3,5H2,(H,11,12)(H,13,14). The van der Waals surface area contributed by atoms with Crippen molar-refractivity contribution in [1.82, 2.24) is 9.97 Å². The molecule has 0 saturated carbocycles. The van der Waals surface area contributed by atoms with Crippen molar-refractivity contribution < 1.29 is 9.90 Å². The first kappa shape index (κ1) is 8.99. The molecule has 0 amide bonds. The first-order valence-corrected chi connectivity index (χ1v) is 4.72. The first-order chi connectivity index (χ1) is 6.79. The van der Waals surface area contributed by atoms with Crippen molar-refractivity contribution in [2.45, 2.75) is 25.2 Å². The fourth-order valence-electron chi connectivity index (χ4n) is 1.81. The average molecular weight is 192 g/mol. The van der Waals surface area contributed by atoms with Crippen LogP contribution in [0, 0.1) is 0 Å². The van der Waals surface area contributed by atoms with Gasteiger partial charge >= 0.3 is 5.97 Å². The van der Waals surface area contributed by atoms with E-state index in [2.05, 4.69) is 22.1 Å². The number of aromatic amines is 1. The van der Waals surface area contributed by atoms with Crippen LogP contribution in [0.15, 0.2) is 18.5 Å². The van der Waals surface area contributed by atoms with Gasteiger partial charge in [0.2, 0.25) is 0 Å². The van der Waals surface area contributed by atoms with Crippen LogP contribution in [0.25, 0.3) is 0 Å². The number of allylic oxidation sites excluding steroid dienone is 2. The third-order valence-corrected chi connectivity index (χ3v) is 2.50. The molecule has 0 aromatic carbocycles. The van der Waals surface area contributed by atoms with E-state index in [1.54, 1.807) is 0 Å². The second kappa shape index (κ2) is 3.65. The maximum absolute atomic E-state index is 10.8. The third kappa shape index (κ3) is 1.55. The lowest BCUT2D eigenvalue weighted by molar-refractivity contribution is 0.0689. The Labute approximate surface area is 81.7 Å². The molecule has 0 fully saturated rings. The smallest absolute Gasteiger partial charge is 0.356 e. The maximum Gasteiger partial charge on any atom is 0.356 e. The Hall–Kier alpha value is -1.58. The zero-order valence-corrected chi connectivity index (χ0v) is 7.73. The molecule has 1 aliphatic carbocycles. The minimum atomic E-state index is -0.958. The van der Waals surface area contributed by atoms with Gasteiger partial charge in [-0.3, -0.25) is 0 Å². The van der Waals surface area contributed by atoms with Crippen LogP contribution >= 0.6 is 0 Å². The summed E-state index contributed by atoms with van der Waals surface area (Å²) in [5.74, 6) is -0.766. The predicted octanol–water partition coefficient (Wildman–Crippen LogP) is 1.93. The highest BCUT2D eigenvalue weighted by Gasteiger charge is 2.20. The Kier molecular flexibility index (Phi) is 2.35. The molecular formula is C10H12N2O2. The third-order valence-electron chi connectivity index (χ3n) is 2.50. The number of aromatic carboxylic acids is 1. The molecule has 1 aromatic heterocycles. The van der Waals surface area contributed by atoms with Crippen molar-refractivity contribution >= 4 is 5.97 Å². The van der Waals surface area contributed by atoms with Crippen LogP contribution in [0.1, 0.15) is 41.4 Å². The Morgan fingerprint density at radius 2 is 2.50 bits per heavy atom. The number of nitrogens with zero attached hydrogens (tertiary/aromatic N) is 1. The van der Waals surface area contributed by atoms with Crippen LogP contribution in [0.4, 0.5) is 0 Å². The molecule has 4 nitrogen and oxygen atoms in total. The van der Waals surface area contributed by atoms with E-state index in [-0.39, 0.29) is 11.6 Å². The molecule has 0 aliphatic heterocycles. The van der Waals surface area contributed by atoms with Gasteiger partial charge < -0.3 is 10.1 Å². The van der Waals surface area contributed by atoms with E-state index in [1.165, 1.54) is 6.33 Å². The quantitative estimate of drug-likeness (QED) is 0.703. The van der Waals surface area contributed by atoms with Gasteiger partial charge in [0, 0.05) is 5.92 Å². The van der Waals surface area contributed by atoms with Crippen LogP contribution in [-0.2, 0) is 0 Å². The Morgan fingerprint density at radius 1 is 1.64 bits per heavy atom. The molecule has 1 aliphatic rings.